The summed E-state index contributed by atoms with van der Waals surface area (Å²) in [4.78, 5) is 18.3. The van der Waals surface area contributed by atoms with Crippen LogP contribution in [-0.2, 0) is 4.79 Å². The quantitative estimate of drug-likeness (QED) is 0.574. The number of carbonyl (C=O) groups excluding carboxylic acids is 1. The third kappa shape index (κ3) is 2.51. The first-order valence-corrected chi connectivity index (χ1v) is 7.54. The fraction of sp³-hybridized carbons (Fsp3) is 0.118. The Bertz CT molecular complexity index is 1030. The first-order valence-electron chi connectivity index (χ1n) is 7.54. The predicted molar refractivity (Wildman–Crippen MR) is 85.9 cm³/mol. The van der Waals surface area contributed by atoms with Crippen molar-refractivity contribution < 1.29 is 18.7 Å². The van der Waals surface area contributed by atoms with E-state index < -0.39 is 23.3 Å². The van der Waals surface area contributed by atoms with E-state index >= 15 is 0 Å². The number of halogens is 2. The summed E-state index contributed by atoms with van der Waals surface area (Å²) >= 11 is 0. The molecule has 3 aromatic rings. The van der Waals surface area contributed by atoms with Crippen LogP contribution in [0, 0.1) is 11.6 Å². The van der Waals surface area contributed by atoms with Crippen LogP contribution < -0.4 is 4.90 Å². The minimum Gasteiger partial charge on any atom is -0.507 e. The van der Waals surface area contributed by atoms with Crippen LogP contribution in [0.3, 0.4) is 0 Å². The van der Waals surface area contributed by atoms with E-state index in [4.69, 9.17) is 0 Å². The van der Waals surface area contributed by atoms with Gasteiger partial charge in [0.1, 0.15) is 23.2 Å². The molecule has 0 saturated carbocycles. The highest BCUT2D eigenvalue weighted by Crippen LogP contribution is 2.29. The van der Waals surface area contributed by atoms with Crippen molar-refractivity contribution in [2.45, 2.75) is 6.42 Å². The zero-order chi connectivity index (χ0) is 17.6. The molecule has 3 heterocycles. The van der Waals surface area contributed by atoms with Gasteiger partial charge in [-0.1, -0.05) is 0 Å². The van der Waals surface area contributed by atoms with Crippen LogP contribution in [0.4, 0.5) is 14.6 Å². The van der Waals surface area contributed by atoms with Gasteiger partial charge < -0.3 is 5.11 Å². The van der Waals surface area contributed by atoms with E-state index in [-0.39, 0.29) is 24.1 Å². The maximum Gasteiger partial charge on any atom is 0.259 e. The number of hydrogen-bond donors (Lipinski definition) is 1. The topological polar surface area (TPSA) is 70.7 Å². The third-order valence-electron chi connectivity index (χ3n) is 4.08. The maximum atomic E-state index is 13.9. The van der Waals surface area contributed by atoms with E-state index in [1.807, 2.05) is 0 Å². The van der Waals surface area contributed by atoms with Crippen molar-refractivity contribution in [3.8, 4) is 0 Å². The van der Waals surface area contributed by atoms with Crippen LogP contribution in [0.25, 0.3) is 11.4 Å². The van der Waals surface area contributed by atoms with E-state index in [1.165, 1.54) is 4.90 Å². The van der Waals surface area contributed by atoms with Gasteiger partial charge in [-0.2, -0.15) is 5.10 Å². The van der Waals surface area contributed by atoms with Gasteiger partial charge in [0.2, 0.25) is 0 Å². The Morgan fingerprint density at radius 2 is 2.04 bits per heavy atom. The zero-order valence-corrected chi connectivity index (χ0v) is 12.9. The van der Waals surface area contributed by atoms with E-state index in [0.717, 1.165) is 18.2 Å². The molecule has 4 rings (SSSR count). The number of anilines is 1. The first-order chi connectivity index (χ1) is 12.0. The zero-order valence-electron chi connectivity index (χ0n) is 12.9. The number of hydrogen-bond acceptors (Lipinski definition) is 4. The number of aliphatic hydroxyl groups excluding tert-OH is 1. The molecule has 0 atom stereocenters. The SMILES string of the molecule is O=C1C(=C(O)c2cc(F)ccc2F)CCN1c1ccn2nccc2n1. The Morgan fingerprint density at radius 3 is 2.88 bits per heavy atom. The largest absolute Gasteiger partial charge is 0.507 e. The van der Waals surface area contributed by atoms with Crippen molar-refractivity contribution in [3.63, 3.8) is 0 Å². The molecule has 1 amide bonds. The normalized spacial score (nSPS) is 16.7. The molecule has 0 aliphatic carbocycles. The molecular formula is C17H12F2N4O2. The van der Waals surface area contributed by atoms with Gasteiger partial charge in [0.15, 0.2) is 5.65 Å². The number of aromatic nitrogens is 3. The highest BCUT2D eigenvalue weighted by Gasteiger charge is 2.32. The van der Waals surface area contributed by atoms with E-state index in [0.29, 0.717) is 11.5 Å². The predicted octanol–water partition coefficient (Wildman–Crippen LogP) is 2.71. The van der Waals surface area contributed by atoms with Crippen molar-refractivity contribution in [2.24, 2.45) is 0 Å². The first kappa shape index (κ1) is 15.3. The van der Waals surface area contributed by atoms with Crippen LogP contribution in [0.15, 0.2) is 48.3 Å². The fourth-order valence-corrected chi connectivity index (χ4v) is 2.83. The van der Waals surface area contributed by atoms with Crippen LogP contribution in [0.1, 0.15) is 12.0 Å². The minimum atomic E-state index is -0.795. The molecule has 0 unspecified atom stereocenters. The van der Waals surface area contributed by atoms with Gasteiger partial charge in [0.25, 0.3) is 5.91 Å². The summed E-state index contributed by atoms with van der Waals surface area (Å²) in [5.41, 5.74) is 0.271. The summed E-state index contributed by atoms with van der Waals surface area (Å²) in [6.07, 6.45) is 3.45. The number of rotatable bonds is 2. The molecule has 25 heavy (non-hydrogen) atoms. The molecular weight excluding hydrogens is 330 g/mol. The van der Waals surface area contributed by atoms with Gasteiger partial charge in [-0.05, 0) is 30.7 Å². The molecule has 1 aliphatic rings. The highest BCUT2D eigenvalue weighted by atomic mass is 19.1. The van der Waals surface area contributed by atoms with Crippen LogP contribution in [0.2, 0.25) is 0 Å². The van der Waals surface area contributed by atoms with Crippen LogP contribution >= 0.6 is 0 Å². The Labute approximate surface area is 140 Å². The van der Waals surface area contributed by atoms with Crippen molar-refractivity contribution in [1.29, 1.82) is 0 Å². The summed E-state index contributed by atoms with van der Waals surface area (Å²) < 4.78 is 28.7. The number of carbonyl (C=O) groups is 1. The number of benzene rings is 1. The summed E-state index contributed by atoms with van der Waals surface area (Å²) in [6.45, 7) is 0.284. The summed E-state index contributed by atoms with van der Waals surface area (Å²) in [5, 5.41) is 14.3. The second-order valence-electron chi connectivity index (χ2n) is 5.58. The van der Waals surface area contributed by atoms with Gasteiger partial charge >= 0.3 is 0 Å². The minimum absolute atomic E-state index is 0.0275. The second-order valence-corrected chi connectivity index (χ2v) is 5.58. The lowest BCUT2D eigenvalue weighted by Crippen LogP contribution is -2.26. The average Bonchev–Trinajstić information content (AvgIpc) is 3.22. The molecule has 0 radical (unpaired) electrons. The molecule has 2 aromatic heterocycles. The van der Waals surface area contributed by atoms with Crippen LogP contribution in [0.5, 0.6) is 0 Å². The van der Waals surface area contributed by atoms with Crippen molar-refractivity contribution in [2.75, 3.05) is 11.4 Å². The summed E-state index contributed by atoms with van der Waals surface area (Å²) in [6, 6.07) is 6.04. The van der Waals surface area contributed by atoms with Crippen LogP contribution in [-0.4, -0.2) is 32.2 Å². The fourth-order valence-electron chi connectivity index (χ4n) is 2.83. The maximum absolute atomic E-state index is 13.9. The Hall–Kier alpha value is -3.29. The van der Waals surface area contributed by atoms with Crippen molar-refractivity contribution >= 4 is 23.1 Å². The molecule has 1 aromatic carbocycles. The van der Waals surface area contributed by atoms with Gasteiger partial charge in [-0.25, -0.2) is 18.3 Å². The van der Waals surface area contributed by atoms with Gasteiger partial charge in [0, 0.05) is 18.8 Å². The van der Waals surface area contributed by atoms with E-state index in [2.05, 4.69) is 10.1 Å². The summed E-state index contributed by atoms with van der Waals surface area (Å²) in [5.74, 6) is -2.12. The molecule has 1 fully saturated rings. The lowest BCUT2D eigenvalue weighted by molar-refractivity contribution is -0.114. The van der Waals surface area contributed by atoms with E-state index in [9.17, 15) is 18.7 Å². The highest BCUT2D eigenvalue weighted by molar-refractivity contribution is 6.11. The van der Waals surface area contributed by atoms with Gasteiger partial charge in [-0.15, -0.1) is 0 Å². The van der Waals surface area contributed by atoms with Crippen molar-refractivity contribution in [1.82, 2.24) is 14.6 Å². The molecule has 1 saturated heterocycles. The lowest BCUT2D eigenvalue weighted by atomic mass is 10.1. The molecule has 1 aliphatic heterocycles. The number of nitrogens with zero attached hydrogens (tertiary/aromatic N) is 4. The molecule has 0 spiro atoms. The monoisotopic (exact) mass is 342 g/mol. The molecule has 1 N–H and O–H groups in total. The Kier molecular flexibility index (Phi) is 3.45. The number of fused-ring (bicyclic) bond motifs is 1. The average molecular weight is 342 g/mol. The van der Waals surface area contributed by atoms with Gasteiger partial charge in [-0.3, -0.25) is 9.69 Å². The molecule has 6 nitrogen and oxygen atoms in total. The Morgan fingerprint density at radius 1 is 1.20 bits per heavy atom. The Balaban J connectivity index is 1.72. The second kappa shape index (κ2) is 5.66. The molecule has 8 heteroatoms. The summed E-state index contributed by atoms with van der Waals surface area (Å²) in [7, 11) is 0. The smallest absolute Gasteiger partial charge is 0.259 e. The van der Waals surface area contributed by atoms with Crippen molar-refractivity contribution in [3.05, 3.63) is 65.5 Å². The number of aliphatic hydroxyl groups is 1. The molecule has 126 valence electrons. The van der Waals surface area contributed by atoms with Gasteiger partial charge in [0.05, 0.1) is 17.3 Å². The standard InChI is InChI=1S/C17H12F2N4O2/c18-10-1-2-13(19)12(9-10)16(24)11-4-7-22(17(11)25)14-5-8-23-15(21-14)3-6-20-23/h1-3,5-6,8-9,24H,4,7H2. The lowest BCUT2D eigenvalue weighted by Gasteiger charge is -2.14. The number of amides is 1. The third-order valence-corrected chi connectivity index (χ3v) is 4.08. The van der Waals surface area contributed by atoms with E-state index in [1.54, 1.807) is 29.0 Å². The molecule has 0 bridgehead atoms.